The summed E-state index contributed by atoms with van der Waals surface area (Å²) in [6, 6.07) is 17.1. The molecule has 11 nitrogen and oxygen atoms in total. The number of hydrogen-bond donors (Lipinski definition) is 1. The molecular formula is C28H33N3O8S3. The summed E-state index contributed by atoms with van der Waals surface area (Å²) in [4.78, 5) is 14.2. The van der Waals surface area contributed by atoms with Gasteiger partial charge >= 0.3 is 0 Å². The Morgan fingerprint density at radius 3 is 2.33 bits per heavy atom. The van der Waals surface area contributed by atoms with Gasteiger partial charge in [-0.2, -0.15) is 4.31 Å². The molecule has 1 heterocycles. The lowest BCUT2D eigenvalue weighted by molar-refractivity contribution is -0.114. The number of nitrogens with one attached hydrogen (secondary N) is 1. The van der Waals surface area contributed by atoms with Crippen molar-refractivity contribution in [1.82, 2.24) is 4.31 Å². The highest BCUT2D eigenvalue weighted by Crippen LogP contribution is 2.34. The molecule has 0 atom stereocenters. The number of benzene rings is 3. The average Bonchev–Trinajstić information content (AvgIpc) is 3.01. The zero-order chi connectivity index (χ0) is 30.3. The van der Waals surface area contributed by atoms with Gasteiger partial charge in [0.05, 0.1) is 37.5 Å². The number of thioether (sulfide) groups is 1. The van der Waals surface area contributed by atoms with Gasteiger partial charge in [0.25, 0.3) is 10.0 Å². The Balaban J connectivity index is 1.67. The molecule has 1 aliphatic rings. The van der Waals surface area contributed by atoms with E-state index < -0.39 is 32.5 Å². The molecule has 0 bridgehead atoms. The summed E-state index contributed by atoms with van der Waals surface area (Å²) in [5.41, 5.74) is 0.348. The number of hydrogen-bond acceptors (Lipinski definition) is 9. The van der Waals surface area contributed by atoms with Crippen molar-refractivity contribution in [2.24, 2.45) is 0 Å². The molecule has 4 rings (SSSR count). The molecule has 14 heteroatoms. The highest BCUT2D eigenvalue weighted by molar-refractivity contribution is 7.98. The Bertz CT molecular complexity index is 1610. The summed E-state index contributed by atoms with van der Waals surface area (Å²) in [5, 5.41) is 2.65. The monoisotopic (exact) mass is 635 g/mol. The normalized spacial score (nSPS) is 14.3. The number of carbonyl (C=O) groups excluding carboxylic acids is 1. The summed E-state index contributed by atoms with van der Waals surface area (Å²) >= 11 is 1.47. The van der Waals surface area contributed by atoms with Crippen LogP contribution in [-0.4, -0.2) is 79.9 Å². The smallest absolute Gasteiger partial charge is 0.264 e. The van der Waals surface area contributed by atoms with E-state index in [2.05, 4.69) is 5.32 Å². The van der Waals surface area contributed by atoms with Gasteiger partial charge < -0.3 is 19.5 Å². The number of methoxy groups -OCH3 is 1. The van der Waals surface area contributed by atoms with Crippen molar-refractivity contribution in [1.29, 1.82) is 0 Å². The minimum Gasteiger partial charge on any atom is -0.495 e. The summed E-state index contributed by atoms with van der Waals surface area (Å²) in [6.07, 6.45) is 1.88. The Hall–Kier alpha value is -3.30. The lowest BCUT2D eigenvalue weighted by Gasteiger charge is -2.27. The molecule has 3 aromatic carbocycles. The third-order valence-corrected chi connectivity index (χ3v) is 10.8. The van der Waals surface area contributed by atoms with E-state index in [4.69, 9.17) is 14.2 Å². The van der Waals surface area contributed by atoms with Crippen molar-refractivity contribution in [2.75, 3.05) is 62.4 Å². The average molecular weight is 636 g/mol. The first-order chi connectivity index (χ1) is 20.1. The van der Waals surface area contributed by atoms with Gasteiger partial charge in [0.1, 0.15) is 22.9 Å². The first-order valence-corrected chi connectivity index (χ1v) is 17.2. The second-order valence-corrected chi connectivity index (χ2v) is 13.7. The molecule has 1 amide bonds. The maximum Gasteiger partial charge on any atom is 0.264 e. The SMILES string of the molecule is CCOc1ccccc1N(CC(=O)Nc1ccc(OC)c(S(=O)(=O)N2CCOCC2)c1)S(=O)(=O)c1ccc(SC)cc1. The lowest BCUT2D eigenvalue weighted by atomic mass is 10.3. The van der Waals surface area contributed by atoms with Gasteiger partial charge in [0.15, 0.2) is 0 Å². The second kappa shape index (κ2) is 13.8. The molecule has 0 saturated carbocycles. The number of nitrogens with zero attached hydrogens (tertiary/aromatic N) is 2. The van der Waals surface area contributed by atoms with Crippen LogP contribution in [0.1, 0.15) is 6.92 Å². The Morgan fingerprint density at radius 1 is 1.00 bits per heavy atom. The zero-order valence-corrected chi connectivity index (χ0v) is 25.9. The van der Waals surface area contributed by atoms with Crippen LogP contribution in [0.15, 0.2) is 81.4 Å². The van der Waals surface area contributed by atoms with Gasteiger partial charge in [-0.25, -0.2) is 16.8 Å². The van der Waals surface area contributed by atoms with Crippen molar-refractivity contribution >= 4 is 49.1 Å². The topological polar surface area (TPSA) is 132 Å². The zero-order valence-electron chi connectivity index (χ0n) is 23.5. The largest absolute Gasteiger partial charge is 0.495 e. The molecule has 0 aliphatic carbocycles. The third kappa shape index (κ3) is 7.01. The fourth-order valence-electron chi connectivity index (χ4n) is 4.33. The summed E-state index contributed by atoms with van der Waals surface area (Å²) in [7, 11) is -6.81. The Morgan fingerprint density at radius 2 is 1.69 bits per heavy atom. The van der Waals surface area contributed by atoms with E-state index in [1.807, 2.05) is 6.26 Å². The van der Waals surface area contributed by atoms with Gasteiger partial charge in [0.2, 0.25) is 15.9 Å². The van der Waals surface area contributed by atoms with Crippen molar-refractivity contribution in [3.63, 3.8) is 0 Å². The molecule has 1 N–H and O–H groups in total. The maximum absolute atomic E-state index is 13.9. The molecule has 1 aliphatic heterocycles. The number of morpholine rings is 1. The molecule has 1 fully saturated rings. The summed E-state index contributed by atoms with van der Waals surface area (Å²) < 4.78 is 73.1. The highest BCUT2D eigenvalue weighted by atomic mass is 32.2. The van der Waals surface area contributed by atoms with Crippen LogP contribution in [0.4, 0.5) is 11.4 Å². The van der Waals surface area contributed by atoms with Crippen LogP contribution in [0.25, 0.3) is 0 Å². The molecule has 1 saturated heterocycles. The van der Waals surface area contributed by atoms with Gasteiger partial charge in [-0.1, -0.05) is 12.1 Å². The van der Waals surface area contributed by atoms with Crippen LogP contribution >= 0.6 is 11.8 Å². The Kier molecular flexibility index (Phi) is 10.4. The van der Waals surface area contributed by atoms with Crippen LogP contribution in [-0.2, 0) is 29.6 Å². The molecule has 42 heavy (non-hydrogen) atoms. The van der Waals surface area contributed by atoms with E-state index in [0.29, 0.717) is 5.75 Å². The minimum absolute atomic E-state index is 0.00254. The molecule has 3 aromatic rings. The number of sulfonamides is 2. The number of amides is 1. The van der Waals surface area contributed by atoms with Gasteiger partial charge in [0, 0.05) is 23.7 Å². The van der Waals surface area contributed by atoms with Gasteiger partial charge in [-0.05, 0) is 67.8 Å². The fourth-order valence-corrected chi connectivity index (χ4v) is 7.76. The summed E-state index contributed by atoms with van der Waals surface area (Å²) in [5.74, 6) is -0.283. The number of carbonyl (C=O) groups is 1. The van der Waals surface area contributed by atoms with Crippen LogP contribution in [0.5, 0.6) is 11.5 Å². The van der Waals surface area contributed by atoms with Crippen molar-refractivity contribution in [2.45, 2.75) is 21.6 Å². The quantitative estimate of drug-likeness (QED) is 0.296. The van der Waals surface area contributed by atoms with Gasteiger partial charge in [-0.15, -0.1) is 11.8 Å². The van der Waals surface area contributed by atoms with Crippen LogP contribution in [0.3, 0.4) is 0 Å². The first-order valence-electron chi connectivity index (χ1n) is 13.1. The molecule has 0 unspecified atom stereocenters. The molecular weight excluding hydrogens is 603 g/mol. The van der Waals surface area contributed by atoms with E-state index >= 15 is 0 Å². The van der Waals surface area contributed by atoms with Crippen molar-refractivity contribution < 1.29 is 35.8 Å². The Labute approximate surface area is 250 Å². The first kappa shape index (κ1) is 31.6. The standard InChI is InChI=1S/C28H33N3O8S3/c1-4-39-25-8-6-5-7-24(25)31(41(33,34)23-12-10-22(40-3)11-13-23)20-28(32)29-21-9-14-26(37-2)27(19-21)42(35,36)30-15-17-38-18-16-30/h5-14,19H,4,15-18,20H2,1-3H3,(H,29,32). The number of anilines is 2. The van der Waals surface area contributed by atoms with E-state index in [-0.39, 0.29) is 59.8 Å². The fraction of sp³-hybridized carbons (Fsp3) is 0.321. The molecule has 0 aromatic heterocycles. The minimum atomic E-state index is -4.22. The number of para-hydroxylation sites is 2. The van der Waals surface area contributed by atoms with Crippen LogP contribution in [0.2, 0.25) is 0 Å². The van der Waals surface area contributed by atoms with E-state index in [1.165, 1.54) is 53.5 Å². The highest BCUT2D eigenvalue weighted by Gasteiger charge is 2.31. The second-order valence-electron chi connectivity index (χ2n) is 9.02. The van der Waals surface area contributed by atoms with E-state index in [9.17, 15) is 21.6 Å². The van der Waals surface area contributed by atoms with E-state index in [1.54, 1.807) is 43.3 Å². The van der Waals surface area contributed by atoms with Gasteiger partial charge in [-0.3, -0.25) is 9.10 Å². The molecule has 0 radical (unpaired) electrons. The maximum atomic E-state index is 13.9. The van der Waals surface area contributed by atoms with E-state index in [0.717, 1.165) is 9.20 Å². The van der Waals surface area contributed by atoms with Crippen LogP contribution < -0.4 is 19.1 Å². The predicted molar refractivity (Wildman–Crippen MR) is 162 cm³/mol. The number of ether oxygens (including phenoxy) is 3. The summed E-state index contributed by atoms with van der Waals surface area (Å²) in [6.45, 7) is 2.37. The van der Waals surface area contributed by atoms with Crippen molar-refractivity contribution in [3.05, 3.63) is 66.7 Å². The predicted octanol–water partition coefficient (Wildman–Crippen LogP) is 3.67. The van der Waals surface area contributed by atoms with Crippen LogP contribution in [0, 0.1) is 0 Å². The third-order valence-electron chi connectivity index (χ3n) is 6.40. The molecule has 226 valence electrons. The number of rotatable bonds is 12. The van der Waals surface area contributed by atoms with Crippen molar-refractivity contribution in [3.8, 4) is 11.5 Å². The molecule has 0 spiro atoms. The lowest BCUT2D eigenvalue weighted by Crippen LogP contribution is -2.40.